The molecule has 1 aromatic heterocycles. The number of aromatic nitrogens is 2. The standard InChI is InChI=1S/C21H23N7O/c1-3-28-17-7-5-4-6-16(17)25-19(28)15(10-22)18-13(2)11-24-21(26-18)27-20(29)14-8-9-23-12-14/h4-7,11,14,23,25H,3,8-9,12H2,1-2H3,(H,24,26,27,29)/b19-15+. The molecule has 1 aromatic carbocycles. The predicted octanol–water partition coefficient (Wildman–Crippen LogP) is 2.48. The Bertz CT molecular complexity index is 1020. The Hall–Kier alpha value is -3.44. The minimum Gasteiger partial charge on any atom is -0.339 e. The zero-order valence-electron chi connectivity index (χ0n) is 16.5. The molecule has 2 aliphatic rings. The van der Waals surface area contributed by atoms with Crippen molar-refractivity contribution in [3.8, 4) is 6.07 Å². The lowest BCUT2D eigenvalue weighted by Crippen LogP contribution is -2.26. The zero-order valence-corrected chi connectivity index (χ0v) is 16.5. The molecule has 0 aliphatic carbocycles. The van der Waals surface area contributed by atoms with Crippen molar-refractivity contribution in [3.63, 3.8) is 0 Å². The van der Waals surface area contributed by atoms with Gasteiger partial charge in [0.2, 0.25) is 11.9 Å². The summed E-state index contributed by atoms with van der Waals surface area (Å²) < 4.78 is 0. The third-order valence-electron chi connectivity index (χ3n) is 5.26. The lowest BCUT2D eigenvalue weighted by Gasteiger charge is -2.19. The highest BCUT2D eigenvalue weighted by molar-refractivity contribution is 5.93. The van der Waals surface area contributed by atoms with Gasteiger partial charge in [-0.2, -0.15) is 5.26 Å². The maximum Gasteiger partial charge on any atom is 0.231 e. The number of para-hydroxylation sites is 2. The Morgan fingerprint density at radius 1 is 1.41 bits per heavy atom. The number of nitrogens with zero attached hydrogens (tertiary/aromatic N) is 4. The predicted molar refractivity (Wildman–Crippen MR) is 112 cm³/mol. The van der Waals surface area contributed by atoms with Crippen molar-refractivity contribution < 1.29 is 4.79 Å². The highest BCUT2D eigenvalue weighted by atomic mass is 16.2. The van der Waals surface area contributed by atoms with Crippen LogP contribution in [0.25, 0.3) is 5.57 Å². The van der Waals surface area contributed by atoms with Crippen molar-refractivity contribution in [2.24, 2.45) is 5.92 Å². The van der Waals surface area contributed by atoms with E-state index in [0.717, 1.165) is 29.9 Å². The van der Waals surface area contributed by atoms with Crippen LogP contribution in [0.3, 0.4) is 0 Å². The molecule has 0 spiro atoms. The quantitative estimate of drug-likeness (QED) is 0.690. The highest BCUT2D eigenvalue weighted by Crippen LogP contribution is 2.38. The van der Waals surface area contributed by atoms with Gasteiger partial charge in [-0.15, -0.1) is 0 Å². The maximum absolute atomic E-state index is 12.4. The number of anilines is 3. The van der Waals surface area contributed by atoms with E-state index in [1.165, 1.54) is 0 Å². The van der Waals surface area contributed by atoms with E-state index < -0.39 is 0 Å². The molecule has 1 unspecified atom stereocenters. The van der Waals surface area contributed by atoms with E-state index in [0.29, 0.717) is 30.2 Å². The van der Waals surface area contributed by atoms with E-state index in [-0.39, 0.29) is 17.8 Å². The van der Waals surface area contributed by atoms with Gasteiger partial charge < -0.3 is 15.5 Å². The third-order valence-corrected chi connectivity index (χ3v) is 5.26. The number of hydrogen-bond acceptors (Lipinski definition) is 7. The molecule has 0 bridgehead atoms. The van der Waals surface area contributed by atoms with E-state index in [9.17, 15) is 10.1 Å². The number of amides is 1. The summed E-state index contributed by atoms with van der Waals surface area (Å²) in [5, 5.41) is 19.3. The van der Waals surface area contributed by atoms with Crippen LogP contribution in [0.2, 0.25) is 0 Å². The smallest absolute Gasteiger partial charge is 0.231 e. The second-order valence-corrected chi connectivity index (χ2v) is 7.13. The van der Waals surface area contributed by atoms with Crippen molar-refractivity contribution in [1.82, 2.24) is 15.3 Å². The fourth-order valence-electron chi connectivity index (χ4n) is 3.72. The summed E-state index contributed by atoms with van der Waals surface area (Å²) in [6.45, 7) is 6.09. The van der Waals surface area contributed by atoms with Crippen LogP contribution >= 0.6 is 0 Å². The number of nitrogens with one attached hydrogen (secondary N) is 3. The second-order valence-electron chi connectivity index (χ2n) is 7.13. The fourth-order valence-corrected chi connectivity index (χ4v) is 3.72. The van der Waals surface area contributed by atoms with Gasteiger partial charge in [0, 0.05) is 19.3 Å². The number of carbonyl (C=O) groups is 1. The molecule has 0 radical (unpaired) electrons. The molecule has 1 amide bonds. The molecule has 1 saturated heterocycles. The van der Waals surface area contributed by atoms with Gasteiger partial charge in [-0.3, -0.25) is 10.1 Å². The van der Waals surface area contributed by atoms with Crippen LogP contribution in [0, 0.1) is 24.2 Å². The SMILES string of the molecule is CCN1/C(=C(\C#N)c2nc(NC(=O)C3CCNC3)ncc2C)Nc2ccccc21. The van der Waals surface area contributed by atoms with Gasteiger partial charge in [0.05, 0.1) is 23.0 Å². The number of fused-ring (bicyclic) bond motifs is 1. The second kappa shape index (κ2) is 7.89. The molecule has 2 aromatic rings. The van der Waals surface area contributed by atoms with Crippen molar-refractivity contribution in [1.29, 1.82) is 5.26 Å². The summed E-state index contributed by atoms with van der Waals surface area (Å²) in [6, 6.07) is 10.2. The molecule has 4 rings (SSSR count). The van der Waals surface area contributed by atoms with Crippen LogP contribution < -0.4 is 20.9 Å². The molecule has 1 atom stereocenters. The van der Waals surface area contributed by atoms with Gasteiger partial charge in [-0.1, -0.05) is 12.1 Å². The summed E-state index contributed by atoms with van der Waals surface area (Å²) in [4.78, 5) is 23.2. The van der Waals surface area contributed by atoms with Crippen LogP contribution in [-0.2, 0) is 4.79 Å². The van der Waals surface area contributed by atoms with Crippen LogP contribution in [-0.4, -0.2) is 35.5 Å². The Labute approximate surface area is 169 Å². The average Bonchev–Trinajstić information content (AvgIpc) is 3.38. The van der Waals surface area contributed by atoms with Crippen molar-refractivity contribution >= 4 is 28.8 Å². The Morgan fingerprint density at radius 2 is 2.24 bits per heavy atom. The highest BCUT2D eigenvalue weighted by Gasteiger charge is 2.28. The van der Waals surface area contributed by atoms with Gasteiger partial charge in [0.1, 0.15) is 17.5 Å². The molecule has 8 heteroatoms. The minimum atomic E-state index is -0.0995. The van der Waals surface area contributed by atoms with Crippen molar-refractivity contribution in [3.05, 3.63) is 47.5 Å². The number of carbonyl (C=O) groups excluding carboxylic acids is 1. The van der Waals surface area contributed by atoms with Crippen molar-refractivity contribution in [2.45, 2.75) is 20.3 Å². The summed E-state index contributed by atoms with van der Waals surface area (Å²) in [5.74, 6) is 0.723. The number of benzene rings is 1. The first-order chi connectivity index (χ1) is 14.1. The van der Waals surface area contributed by atoms with Crippen molar-refractivity contribution in [2.75, 3.05) is 35.2 Å². The molecular formula is C21H23N7O. The molecule has 3 N–H and O–H groups in total. The number of allylic oxidation sites excluding steroid dienone is 1. The third kappa shape index (κ3) is 3.52. The number of rotatable bonds is 4. The van der Waals surface area contributed by atoms with Gasteiger partial charge in [0.15, 0.2) is 0 Å². The number of nitriles is 1. The Morgan fingerprint density at radius 3 is 2.97 bits per heavy atom. The van der Waals surface area contributed by atoms with Gasteiger partial charge in [-0.05, 0) is 44.5 Å². The number of hydrogen-bond donors (Lipinski definition) is 3. The van der Waals surface area contributed by atoms with Gasteiger partial charge in [-0.25, -0.2) is 9.97 Å². The molecule has 3 heterocycles. The van der Waals surface area contributed by atoms with Crippen LogP contribution in [0.15, 0.2) is 36.3 Å². The van der Waals surface area contributed by atoms with E-state index in [1.54, 1.807) is 6.20 Å². The fraction of sp³-hybridized carbons (Fsp3) is 0.333. The normalized spacial score (nSPS) is 19.3. The summed E-state index contributed by atoms with van der Waals surface area (Å²) in [5.41, 5.74) is 3.67. The molecule has 2 aliphatic heterocycles. The molecule has 0 saturated carbocycles. The summed E-state index contributed by atoms with van der Waals surface area (Å²) in [7, 11) is 0. The Kier molecular flexibility index (Phi) is 5.14. The van der Waals surface area contributed by atoms with Crippen LogP contribution in [0.5, 0.6) is 0 Å². The summed E-state index contributed by atoms with van der Waals surface area (Å²) >= 11 is 0. The lowest BCUT2D eigenvalue weighted by molar-refractivity contribution is -0.119. The topological polar surface area (TPSA) is 106 Å². The molecular weight excluding hydrogens is 366 g/mol. The average molecular weight is 389 g/mol. The van der Waals surface area contributed by atoms with Crippen LogP contribution in [0.1, 0.15) is 24.6 Å². The van der Waals surface area contributed by atoms with E-state index in [1.807, 2.05) is 38.1 Å². The first kappa shape index (κ1) is 18.9. The van der Waals surface area contributed by atoms with Crippen LogP contribution in [0.4, 0.5) is 17.3 Å². The number of aryl methyl sites for hydroxylation is 1. The van der Waals surface area contributed by atoms with E-state index in [2.05, 4.69) is 36.9 Å². The maximum atomic E-state index is 12.4. The monoisotopic (exact) mass is 389 g/mol. The first-order valence-electron chi connectivity index (χ1n) is 9.76. The minimum absolute atomic E-state index is 0.0845. The zero-order chi connectivity index (χ0) is 20.4. The summed E-state index contributed by atoms with van der Waals surface area (Å²) in [6.07, 6.45) is 2.44. The van der Waals surface area contributed by atoms with Gasteiger partial charge >= 0.3 is 0 Å². The van der Waals surface area contributed by atoms with E-state index in [4.69, 9.17) is 0 Å². The first-order valence-corrected chi connectivity index (χ1v) is 9.76. The van der Waals surface area contributed by atoms with Gasteiger partial charge in [0.25, 0.3) is 0 Å². The van der Waals surface area contributed by atoms with E-state index >= 15 is 0 Å². The molecule has 29 heavy (non-hydrogen) atoms. The molecule has 1 fully saturated rings. The Balaban J connectivity index is 1.70. The molecule has 8 nitrogen and oxygen atoms in total. The molecule has 148 valence electrons. The lowest BCUT2D eigenvalue weighted by atomic mass is 10.1. The largest absolute Gasteiger partial charge is 0.339 e.